The molecule has 0 aromatic heterocycles. The molecule has 1 atom stereocenters. The van der Waals surface area contributed by atoms with Gasteiger partial charge in [0.15, 0.2) is 11.5 Å². The number of aromatic hydroxyl groups is 2. The Morgan fingerprint density at radius 2 is 2.00 bits per heavy atom. The Labute approximate surface area is 79.2 Å². The minimum absolute atomic E-state index is 0.192. The van der Waals surface area contributed by atoms with Gasteiger partial charge < -0.3 is 15.3 Å². The van der Waals surface area contributed by atoms with Crippen LogP contribution in [0.4, 0.5) is 0 Å². The number of benzene rings is 1. The first kappa shape index (κ1) is 10.3. The zero-order chi connectivity index (χ0) is 10.7. The number of aliphatic hydroxyl groups excluding tert-OH is 1. The highest BCUT2D eigenvalue weighted by Gasteiger charge is 2.15. The molecule has 1 aromatic rings. The Kier molecular flexibility index (Phi) is 2.88. The molecule has 0 radical (unpaired) electrons. The van der Waals surface area contributed by atoms with Crippen LogP contribution < -0.4 is 0 Å². The van der Waals surface area contributed by atoms with E-state index in [0.717, 1.165) is 12.1 Å². The summed E-state index contributed by atoms with van der Waals surface area (Å²) in [6, 6.07) is 3.56. The van der Waals surface area contributed by atoms with E-state index in [-0.39, 0.29) is 11.3 Å². The number of phenolic OH excluding ortho intramolecular Hbond substituents is 2. The van der Waals surface area contributed by atoms with Crippen molar-refractivity contribution in [2.75, 3.05) is 6.54 Å². The fraction of sp³-hybridized carbons (Fsp3) is 0.250. The largest absolute Gasteiger partial charge is 0.504 e. The maximum atomic E-state index is 10.1. The van der Waals surface area contributed by atoms with Gasteiger partial charge in [-0.3, -0.25) is 10.1 Å². The van der Waals surface area contributed by atoms with E-state index in [4.69, 9.17) is 10.2 Å². The zero-order valence-electron chi connectivity index (χ0n) is 7.12. The van der Waals surface area contributed by atoms with E-state index in [9.17, 15) is 15.2 Å². The van der Waals surface area contributed by atoms with Gasteiger partial charge in [-0.05, 0) is 17.7 Å². The van der Waals surface area contributed by atoms with Gasteiger partial charge in [0.25, 0.3) is 0 Å². The van der Waals surface area contributed by atoms with E-state index in [0.29, 0.717) is 0 Å². The molecule has 0 saturated heterocycles. The van der Waals surface area contributed by atoms with Crippen LogP contribution in [0, 0.1) is 10.1 Å². The summed E-state index contributed by atoms with van der Waals surface area (Å²) in [5.41, 5.74) is 0.192. The van der Waals surface area contributed by atoms with Crippen LogP contribution in [0.3, 0.4) is 0 Å². The highest BCUT2D eigenvalue weighted by atomic mass is 16.6. The van der Waals surface area contributed by atoms with Gasteiger partial charge in [0.05, 0.1) is 0 Å². The van der Waals surface area contributed by atoms with Crippen molar-refractivity contribution >= 4 is 0 Å². The Balaban J connectivity index is 2.85. The summed E-state index contributed by atoms with van der Waals surface area (Å²) in [5.74, 6) is -0.744. The molecule has 1 aromatic carbocycles. The van der Waals surface area contributed by atoms with Crippen molar-refractivity contribution in [3.8, 4) is 11.5 Å². The van der Waals surface area contributed by atoms with Gasteiger partial charge in [0.2, 0.25) is 6.54 Å². The molecule has 0 aliphatic heterocycles. The van der Waals surface area contributed by atoms with Crippen LogP contribution in [0.5, 0.6) is 11.5 Å². The molecule has 0 amide bonds. The van der Waals surface area contributed by atoms with E-state index in [2.05, 4.69) is 0 Å². The van der Waals surface area contributed by atoms with Crippen LogP contribution in [0.15, 0.2) is 18.2 Å². The average molecular weight is 199 g/mol. The van der Waals surface area contributed by atoms with Gasteiger partial charge in [0, 0.05) is 4.92 Å². The number of aliphatic hydroxyl groups is 1. The number of rotatable bonds is 3. The average Bonchev–Trinajstić information content (AvgIpc) is 2.08. The van der Waals surface area contributed by atoms with Crippen molar-refractivity contribution in [1.29, 1.82) is 0 Å². The van der Waals surface area contributed by atoms with Crippen molar-refractivity contribution in [3.63, 3.8) is 0 Å². The van der Waals surface area contributed by atoms with Crippen LogP contribution in [0.2, 0.25) is 0 Å². The minimum Gasteiger partial charge on any atom is -0.504 e. The molecule has 0 fully saturated rings. The minimum atomic E-state index is -1.28. The maximum Gasteiger partial charge on any atom is 0.233 e. The molecule has 6 heteroatoms. The normalized spacial score (nSPS) is 12.4. The molecule has 0 heterocycles. The fourth-order valence-corrected chi connectivity index (χ4v) is 0.994. The van der Waals surface area contributed by atoms with Crippen molar-refractivity contribution in [2.24, 2.45) is 0 Å². The van der Waals surface area contributed by atoms with Crippen LogP contribution >= 0.6 is 0 Å². The standard InChI is InChI=1S/C8H9NO5/c10-6-2-1-5(3-7(6)11)8(12)4-9(13)14/h1-3,8,10-12H,4H2. The molecule has 76 valence electrons. The Morgan fingerprint density at radius 1 is 1.36 bits per heavy atom. The molecular formula is C8H9NO5. The SMILES string of the molecule is O=[N+]([O-])CC(O)c1ccc(O)c(O)c1. The van der Waals surface area contributed by atoms with Crippen LogP contribution in [0.1, 0.15) is 11.7 Å². The lowest BCUT2D eigenvalue weighted by Gasteiger charge is -2.06. The smallest absolute Gasteiger partial charge is 0.233 e. The quantitative estimate of drug-likeness (QED) is 0.371. The zero-order valence-corrected chi connectivity index (χ0v) is 7.12. The lowest BCUT2D eigenvalue weighted by molar-refractivity contribution is -0.491. The number of phenols is 2. The van der Waals surface area contributed by atoms with Gasteiger partial charge in [-0.2, -0.15) is 0 Å². The molecule has 0 aliphatic carbocycles. The van der Waals surface area contributed by atoms with E-state index in [1.165, 1.54) is 6.07 Å². The maximum absolute atomic E-state index is 10.1. The molecule has 1 rings (SSSR count). The number of hydrogen-bond donors (Lipinski definition) is 3. The highest BCUT2D eigenvalue weighted by molar-refractivity contribution is 5.41. The monoisotopic (exact) mass is 199 g/mol. The molecule has 0 saturated carbocycles. The summed E-state index contributed by atoms with van der Waals surface area (Å²) >= 11 is 0. The third-order valence-corrected chi connectivity index (χ3v) is 1.71. The highest BCUT2D eigenvalue weighted by Crippen LogP contribution is 2.27. The second kappa shape index (κ2) is 3.93. The second-order valence-corrected chi connectivity index (χ2v) is 2.78. The van der Waals surface area contributed by atoms with Crippen molar-refractivity contribution in [2.45, 2.75) is 6.10 Å². The van der Waals surface area contributed by atoms with Crippen molar-refractivity contribution in [3.05, 3.63) is 33.9 Å². The van der Waals surface area contributed by atoms with Crippen molar-refractivity contribution < 1.29 is 20.2 Å². The predicted octanol–water partition coefficient (Wildman–Crippen LogP) is 0.408. The summed E-state index contributed by atoms with van der Waals surface area (Å²) in [5, 5.41) is 37.3. The third-order valence-electron chi connectivity index (χ3n) is 1.71. The molecule has 3 N–H and O–H groups in total. The molecule has 14 heavy (non-hydrogen) atoms. The van der Waals surface area contributed by atoms with Crippen LogP contribution in [-0.2, 0) is 0 Å². The topological polar surface area (TPSA) is 104 Å². The van der Waals surface area contributed by atoms with Gasteiger partial charge in [-0.1, -0.05) is 6.07 Å². The summed E-state index contributed by atoms with van der Waals surface area (Å²) < 4.78 is 0. The lowest BCUT2D eigenvalue weighted by Crippen LogP contribution is -2.11. The lowest BCUT2D eigenvalue weighted by atomic mass is 10.1. The Morgan fingerprint density at radius 3 is 2.50 bits per heavy atom. The van der Waals surface area contributed by atoms with E-state index >= 15 is 0 Å². The summed E-state index contributed by atoms with van der Waals surface area (Å²) in [4.78, 5) is 9.41. The van der Waals surface area contributed by atoms with Gasteiger partial charge in [-0.25, -0.2) is 0 Å². The van der Waals surface area contributed by atoms with Crippen LogP contribution in [0.25, 0.3) is 0 Å². The first-order valence-electron chi connectivity index (χ1n) is 3.82. The second-order valence-electron chi connectivity index (χ2n) is 2.78. The van der Waals surface area contributed by atoms with Crippen LogP contribution in [-0.4, -0.2) is 26.8 Å². The molecular weight excluding hydrogens is 190 g/mol. The van der Waals surface area contributed by atoms with Gasteiger partial charge in [-0.15, -0.1) is 0 Å². The number of nitrogens with zero attached hydrogens (tertiary/aromatic N) is 1. The van der Waals surface area contributed by atoms with Gasteiger partial charge in [0.1, 0.15) is 6.10 Å². The summed E-state index contributed by atoms with van der Waals surface area (Å²) in [7, 11) is 0. The van der Waals surface area contributed by atoms with Crippen molar-refractivity contribution in [1.82, 2.24) is 0 Å². The van der Waals surface area contributed by atoms with E-state index < -0.39 is 23.3 Å². The summed E-state index contributed by atoms with van der Waals surface area (Å²) in [6.07, 6.45) is -1.28. The molecule has 0 bridgehead atoms. The number of hydrogen-bond acceptors (Lipinski definition) is 5. The van der Waals surface area contributed by atoms with Gasteiger partial charge >= 0.3 is 0 Å². The Hall–Kier alpha value is -1.82. The summed E-state index contributed by atoms with van der Waals surface area (Å²) in [6.45, 7) is -0.635. The molecule has 0 spiro atoms. The first-order valence-corrected chi connectivity index (χ1v) is 3.82. The number of nitro groups is 1. The third kappa shape index (κ3) is 2.33. The van der Waals surface area contributed by atoms with E-state index in [1.54, 1.807) is 0 Å². The first-order chi connectivity index (χ1) is 6.50. The molecule has 1 unspecified atom stereocenters. The fourth-order valence-electron chi connectivity index (χ4n) is 0.994. The predicted molar refractivity (Wildman–Crippen MR) is 46.6 cm³/mol. The molecule has 0 aliphatic rings. The van der Waals surface area contributed by atoms with E-state index in [1.807, 2.05) is 0 Å². The molecule has 6 nitrogen and oxygen atoms in total. The Bertz CT molecular complexity index is 352.